The number of carboxylic acid groups (broad SMARTS) is 1. The summed E-state index contributed by atoms with van der Waals surface area (Å²) in [5, 5.41) is 19.3. The second kappa shape index (κ2) is 3.21. The number of nitro groups is 1. The van der Waals surface area contributed by atoms with E-state index in [0.717, 1.165) is 6.07 Å². The third-order valence-corrected chi connectivity index (χ3v) is 1.97. The summed E-state index contributed by atoms with van der Waals surface area (Å²) in [6.07, 6.45) is 0. The zero-order valence-electron chi connectivity index (χ0n) is 7.30. The summed E-state index contributed by atoms with van der Waals surface area (Å²) in [7, 11) is 0. The minimum absolute atomic E-state index is 0.0909. The van der Waals surface area contributed by atoms with E-state index in [4.69, 9.17) is 5.11 Å². The van der Waals surface area contributed by atoms with Gasteiger partial charge in [0.2, 0.25) is 0 Å². The molecule has 0 amide bonds. The van der Waals surface area contributed by atoms with Crippen LogP contribution in [0.3, 0.4) is 0 Å². The lowest BCUT2D eigenvalue weighted by atomic mass is 10.1. The molecule has 1 aliphatic heterocycles. The lowest BCUT2D eigenvalue weighted by Gasteiger charge is -1.99. The highest BCUT2D eigenvalue weighted by Gasteiger charge is 2.26. The molecule has 1 aromatic carbocycles. The summed E-state index contributed by atoms with van der Waals surface area (Å²) in [5.74, 6) is -1.16. The van der Waals surface area contributed by atoms with Gasteiger partial charge < -0.3 is 9.99 Å². The quantitative estimate of drug-likeness (QED) is 0.447. The van der Waals surface area contributed by atoms with Crippen molar-refractivity contribution < 1.29 is 24.6 Å². The highest BCUT2D eigenvalue weighted by atomic mass is 17.2. The molecule has 0 bridgehead atoms. The van der Waals surface area contributed by atoms with Crippen molar-refractivity contribution in [1.82, 2.24) is 0 Å². The maximum atomic E-state index is 10.7. The van der Waals surface area contributed by atoms with Gasteiger partial charge in [0.1, 0.15) is 12.2 Å². The first-order chi connectivity index (χ1) is 7.09. The molecule has 0 radical (unpaired) electrons. The number of fused-ring (bicyclic) bond motifs is 1. The van der Waals surface area contributed by atoms with Crippen LogP contribution in [0.2, 0.25) is 0 Å². The van der Waals surface area contributed by atoms with Gasteiger partial charge in [-0.15, -0.1) is 0 Å². The highest BCUT2D eigenvalue weighted by Crippen LogP contribution is 2.33. The number of hydrogen-bond donors (Lipinski definition) is 1. The van der Waals surface area contributed by atoms with Crippen LogP contribution in [0, 0.1) is 10.1 Å². The number of nitrogens with zero attached hydrogens (tertiary/aromatic N) is 1. The number of nitro benzene ring substituents is 1. The lowest BCUT2D eigenvalue weighted by molar-refractivity contribution is -0.385. The van der Waals surface area contributed by atoms with Crippen LogP contribution in [0.5, 0.6) is 5.75 Å². The Balaban J connectivity index is 2.62. The molecule has 0 atom stereocenters. The summed E-state index contributed by atoms with van der Waals surface area (Å²) in [6.45, 7) is 0.0909. The van der Waals surface area contributed by atoms with Crippen molar-refractivity contribution in [2.24, 2.45) is 0 Å². The molecule has 1 aromatic rings. The Morgan fingerprint density at radius 3 is 2.87 bits per heavy atom. The zero-order chi connectivity index (χ0) is 11.0. The lowest BCUT2D eigenvalue weighted by Crippen LogP contribution is -2.03. The van der Waals surface area contributed by atoms with Gasteiger partial charge in [0.15, 0.2) is 5.75 Å². The molecular weight excluding hydrogens is 206 g/mol. The van der Waals surface area contributed by atoms with Gasteiger partial charge >= 0.3 is 5.97 Å². The fourth-order valence-electron chi connectivity index (χ4n) is 1.28. The van der Waals surface area contributed by atoms with E-state index in [1.807, 2.05) is 0 Å². The zero-order valence-corrected chi connectivity index (χ0v) is 7.30. The Bertz CT molecular complexity index is 414. The third kappa shape index (κ3) is 1.48. The molecule has 0 fully saturated rings. The number of carbonyl (C=O) groups is 1. The SMILES string of the molecule is O=C(O)c1cc2c(cc1[N+](=O)[O-])OOC2. The summed E-state index contributed by atoms with van der Waals surface area (Å²) >= 11 is 0. The Labute approximate surface area is 82.9 Å². The van der Waals surface area contributed by atoms with Gasteiger partial charge in [-0.1, -0.05) is 0 Å². The van der Waals surface area contributed by atoms with Gasteiger partial charge in [-0.2, -0.15) is 4.89 Å². The van der Waals surface area contributed by atoms with Gasteiger partial charge in [-0.3, -0.25) is 10.1 Å². The Morgan fingerprint density at radius 1 is 1.53 bits per heavy atom. The fraction of sp³-hybridized carbons (Fsp3) is 0.125. The monoisotopic (exact) mass is 211 g/mol. The number of carboxylic acids is 1. The fourth-order valence-corrected chi connectivity index (χ4v) is 1.28. The topological polar surface area (TPSA) is 98.9 Å². The minimum atomic E-state index is -1.35. The van der Waals surface area contributed by atoms with Crippen molar-refractivity contribution in [3.05, 3.63) is 33.4 Å². The summed E-state index contributed by atoms with van der Waals surface area (Å²) in [4.78, 5) is 29.7. The molecule has 0 aromatic heterocycles. The van der Waals surface area contributed by atoms with Crippen molar-refractivity contribution >= 4 is 11.7 Å². The largest absolute Gasteiger partial charge is 0.477 e. The molecular formula is C8H5NO6. The molecule has 0 unspecified atom stereocenters. The molecule has 0 saturated heterocycles. The number of rotatable bonds is 2. The van der Waals surface area contributed by atoms with E-state index in [0.29, 0.717) is 5.56 Å². The van der Waals surface area contributed by atoms with Crippen molar-refractivity contribution in [3.63, 3.8) is 0 Å². The van der Waals surface area contributed by atoms with E-state index in [1.54, 1.807) is 0 Å². The van der Waals surface area contributed by atoms with Gasteiger partial charge in [-0.05, 0) is 6.07 Å². The number of aromatic carboxylic acids is 1. The molecule has 1 heterocycles. The molecule has 7 nitrogen and oxygen atoms in total. The third-order valence-electron chi connectivity index (χ3n) is 1.97. The molecule has 78 valence electrons. The van der Waals surface area contributed by atoms with Gasteiger partial charge in [0.05, 0.1) is 11.0 Å². The second-order valence-corrected chi connectivity index (χ2v) is 2.88. The van der Waals surface area contributed by atoms with E-state index < -0.39 is 16.6 Å². The normalized spacial score (nSPS) is 13.1. The first kappa shape index (κ1) is 9.41. The van der Waals surface area contributed by atoms with Crippen LogP contribution >= 0.6 is 0 Å². The smallest absolute Gasteiger partial charge is 0.342 e. The predicted molar refractivity (Wildman–Crippen MR) is 45.5 cm³/mol. The van der Waals surface area contributed by atoms with Gasteiger partial charge in [0, 0.05) is 5.56 Å². The average molecular weight is 211 g/mol. The van der Waals surface area contributed by atoms with Crippen LogP contribution < -0.4 is 4.89 Å². The van der Waals surface area contributed by atoms with E-state index in [-0.39, 0.29) is 17.9 Å². The Hall–Kier alpha value is -2.15. The summed E-state index contributed by atoms with van der Waals surface area (Å²) in [6, 6.07) is 2.23. The predicted octanol–water partition coefficient (Wildman–Crippen LogP) is 1.12. The van der Waals surface area contributed by atoms with E-state index in [9.17, 15) is 14.9 Å². The van der Waals surface area contributed by atoms with E-state index >= 15 is 0 Å². The van der Waals surface area contributed by atoms with Crippen LogP contribution in [0.1, 0.15) is 15.9 Å². The van der Waals surface area contributed by atoms with E-state index in [1.165, 1.54) is 6.07 Å². The van der Waals surface area contributed by atoms with Crippen molar-refractivity contribution in [3.8, 4) is 5.75 Å². The minimum Gasteiger partial charge on any atom is -0.477 e. The van der Waals surface area contributed by atoms with E-state index in [2.05, 4.69) is 9.78 Å². The van der Waals surface area contributed by atoms with Gasteiger partial charge in [0.25, 0.3) is 5.69 Å². The Kier molecular flexibility index (Phi) is 2.01. The molecule has 7 heteroatoms. The number of benzene rings is 1. The second-order valence-electron chi connectivity index (χ2n) is 2.88. The molecule has 2 rings (SSSR count). The summed E-state index contributed by atoms with van der Waals surface area (Å²) < 4.78 is 0. The Morgan fingerprint density at radius 2 is 2.27 bits per heavy atom. The van der Waals surface area contributed by atoms with Gasteiger partial charge in [-0.25, -0.2) is 4.79 Å². The van der Waals surface area contributed by atoms with Crippen LogP contribution in [0.25, 0.3) is 0 Å². The highest BCUT2D eigenvalue weighted by molar-refractivity contribution is 5.93. The van der Waals surface area contributed by atoms with Crippen molar-refractivity contribution in [1.29, 1.82) is 0 Å². The maximum Gasteiger partial charge on any atom is 0.342 e. The van der Waals surface area contributed by atoms with Crippen LogP contribution in [-0.2, 0) is 11.5 Å². The van der Waals surface area contributed by atoms with Crippen LogP contribution in [0.4, 0.5) is 5.69 Å². The molecule has 1 N–H and O–H groups in total. The van der Waals surface area contributed by atoms with Crippen LogP contribution in [0.15, 0.2) is 12.1 Å². The average Bonchev–Trinajstić information content (AvgIpc) is 2.61. The standard InChI is InChI=1S/C8H5NO6/c10-8(11)5-1-4-3-14-15-7(4)2-6(5)9(12)13/h1-2H,3H2,(H,10,11). The number of hydrogen-bond acceptors (Lipinski definition) is 5. The molecule has 0 saturated carbocycles. The molecule has 0 aliphatic carbocycles. The van der Waals surface area contributed by atoms with Crippen molar-refractivity contribution in [2.45, 2.75) is 6.61 Å². The van der Waals surface area contributed by atoms with Crippen molar-refractivity contribution in [2.75, 3.05) is 0 Å². The first-order valence-electron chi connectivity index (χ1n) is 3.93. The molecule has 0 spiro atoms. The molecule has 15 heavy (non-hydrogen) atoms. The maximum absolute atomic E-state index is 10.7. The summed E-state index contributed by atoms with van der Waals surface area (Å²) in [5.41, 5.74) is -0.391. The first-order valence-corrected chi connectivity index (χ1v) is 3.93. The molecule has 1 aliphatic rings. The van der Waals surface area contributed by atoms with Crippen LogP contribution in [-0.4, -0.2) is 16.0 Å².